The molecule has 0 unspecified atom stereocenters. The normalized spacial score (nSPS) is 12.0. The number of nitrogens with one attached hydrogen (secondary N) is 1. The Kier molecular flexibility index (Phi) is 8.03. The highest BCUT2D eigenvalue weighted by molar-refractivity contribution is 5.77. The quantitative estimate of drug-likeness (QED) is 0.354. The van der Waals surface area contributed by atoms with Gasteiger partial charge in [-0.15, -0.1) is 0 Å². The van der Waals surface area contributed by atoms with Gasteiger partial charge in [0.1, 0.15) is 18.9 Å². The van der Waals surface area contributed by atoms with Gasteiger partial charge in [0, 0.05) is 25.1 Å². The standard InChI is InChI=1S/C15H24N4O4/c1-19(18-14(21)8-12(17)6-7-16)9-15(22)23-10-11-4-2-3-5-13(11)20/h2-5,12,20H,6-10,16-17H2,1H3,(H,18,21)/t12-/m0/s1. The van der Waals surface area contributed by atoms with E-state index in [0.29, 0.717) is 18.5 Å². The van der Waals surface area contributed by atoms with E-state index in [1.807, 2.05) is 0 Å². The fraction of sp³-hybridized carbons (Fsp3) is 0.467. The van der Waals surface area contributed by atoms with Crippen LogP contribution in [0.2, 0.25) is 0 Å². The van der Waals surface area contributed by atoms with Crippen molar-refractivity contribution in [3.8, 4) is 5.75 Å². The number of likely N-dealkylation sites (N-methyl/N-ethyl adjacent to an activating group) is 1. The number of nitrogens with zero attached hydrogens (tertiary/aromatic N) is 1. The minimum Gasteiger partial charge on any atom is -0.508 e. The molecule has 0 saturated carbocycles. The monoisotopic (exact) mass is 324 g/mol. The number of benzene rings is 1. The van der Waals surface area contributed by atoms with Crippen LogP contribution in [-0.2, 0) is 20.9 Å². The number of hydrazine groups is 1. The Hall–Kier alpha value is -2.16. The van der Waals surface area contributed by atoms with Crippen molar-refractivity contribution >= 4 is 11.9 Å². The van der Waals surface area contributed by atoms with Gasteiger partial charge in [-0.05, 0) is 19.0 Å². The number of phenolic OH excluding ortho intramolecular Hbond substituents is 1. The number of amides is 1. The number of carbonyl (C=O) groups is 2. The van der Waals surface area contributed by atoms with Gasteiger partial charge in [0.05, 0.1) is 0 Å². The van der Waals surface area contributed by atoms with E-state index in [2.05, 4.69) is 5.43 Å². The lowest BCUT2D eigenvalue weighted by molar-refractivity contribution is -0.147. The predicted molar refractivity (Wildman–Crippen MR) is 84.9 cm³/mol. The van der Waals surface area contributed by atoms with Crippen molar-refractivity contribution in [3.05, 3.63) is 29.8 Å². The molecule has 1 rings (SSSR count). The Labute approximate surface area is 135 Å². The summed E-state index contributed by atoms with van der Waals surface area (Å²) in [6.07, 6.45) is 0.689. The molecule has 1 amide bonds. The van der Waals surface area contributed by atoms with Crippen molar-refractivity contribution in [2.24, 2.45) is 11.5 Å². The van der Waals surface area contributed by atoms with Crippen molar-refractivity contribution in [3.63, 3.8) is 0 Å². The summed E-state index contributed by atoms with van der Waals surface area (Å²) in [6, 6.07) is 6.29. The fourth-order valence-corrected chi connectivity index (χ4v) is 1.88. The van der Waals surface area contributed by atoms with Crippen LogP contribution in [0.4, 0.5) is 0 Å². The van der Waals surface area contributed by atoms with E-state index in [-0.39, 0.29) is 37.3 Å². The predicted octanol–water partition coefficient (Wildman–Crippen LogP) is -0.535. The van der Waals surface area contributed by atoms with E-state index in [1.54, 1.807) is 25.2 Å². The molecule has 0 fully saturated rings. The highest BCUT2D eigenvalue weighted by atomic mass is 16.5. The molecule has 0 heterocycles. The van der Waals surface area contributed by atoms with Crippen LogP contribution < -0.4 is 16.9 Å². The van der Waals surface area contributed by atoms with E-state index in [9.17, 15) is 14.7 Å². The summed E-state index contributed by atoms with van der Waals surface area (Å²) in [5.41, 5.74) is 14.1. The van der Waals surface area contributed by atoms with Crippen LogP contribution in [0.3, 0.4) is 0 Å². The molecule has 6 N–H and O–H groups in total. The summed E-state index contributed by atoms with van der Waals surface area (Å²) >= 11 is 0. The molecule has 0 bridgehead atoms. The Morgan fingerprint density at radius 2 is 2.09 bits per heavy atom. The van der Waals surface area contributed by atoms with Gasteiger partial charge in [0.15, 0.2) is 0 Å². The molecule has 0 aliphatic rings. The van der Waals surface area contributed by atoms with Crippen molar-refractivity contribution in [2.75, 3.05) is 20.1 Å². The lowest BCUT2D eigenvalue weighted by atomic mass is 10.1. The Balaban J connectivity index is 2.30. The molecule has 1 aromatic rings. The highest BCUT2D eigenvalue weighted by Crippen LogP contribution is 2.16. The molecule has 128 valence electrons. The number of para-hydroxylation sites is 1. The molecule has 8 nitrogen and oxygen atoms in total. The summed E-state index contributed by atoms with van der Waals surface area (Å²) in [4.78, 5) is 23.4. The molecular weight excluding hydrogens is 300 g/mol. The number of rotatable bonds is 9. The number of esters is 1. The van der Waals surface area contributed by atoms with Crippen molar-refractivity contribution in [1.82, 2.24) is 10.4 Å². The van der Waals surface area contributed by atoms with Gasteiger partial charge in [-0.3, -0.25) is 15.0 Å². The van der Waals surface area contributed by atoms with Crippen LogP contribution in [0.15, 0.2) is 24.3 Å². The lowest BCUT2D eigenvalue weighted by Crippen LogP contribution is -2.44. The number of phenols is 1. The number of ether oxygens (including phenoxy) is 1. The van der Waals surface area contributed by atoms with Crippen LogP contribution in [0.5, 0.6) is 5.75 Å². The first-order valence-corrected chi connectivity index (χ1v) is 7.31. The smallest absolute Gasteiger partial charge is 0.322 e. The third kappa shape index (κ3) is 7.59. The van der Waals surface area contributed by atoms with E-state index in [4.69, 9.17) is 16.2 Å². The molecule has 1 aromatic carbocycles. The molecule has 0 spiro atoms. The SMILES string of the molecule is CN(CC(=O)OCc1ccccc1O)NC(=O)C[C@@H](N)CCN. The van der Waals surface area contributed by atoms with E-state index < -0.39 is 5.97 Å². The van der Waals surface area contributed by atoms with Gasteiger partial charge < -0.3 is 21.3 Å². The van der Waals surface area contributed by atoms with Gasteiger partial charge >= 0.3 is 5.97 Å². The second kappa shape index (κ2) is 9.78. The van der Waals surface area contributed by atoms with Gasteiger partial charge in [-0.1, -0.05) is 18.2 Å². The summed E-state index contributed by atoms with van der Waals surface area (Å²) in [5.74, 6) is -0.750. The third-order valence-electron chi connectivity index (χ3n) is 3.05. The first-order valence-electron chi connectivity index (χ1n) is 7.31. The van der Waals surface area contributed by atoms with Crippen LogP contribution in [0.25, 0.3) is 0 Å². The number of hydrogen-bond donors (Lipinski definition) is 4. The Bertz CT molecular complexity index is 524. The Morgan fingerprint density at radius 3 is 2.74 bits per heavy atom. The second-order valence-electron chi connectivity index (χ2n) is 5.22. The zero-order chi connectivity index (χ0) is 17.2. The Morgan fingerprint density at radius 1 is 1.39 bits per heavy atom. The van der Waals surface area contributed by atoms with Gasteiger partial charge in [-0.2, -0.15) is 0 Å². The minimum absolute atomic E-state index is 0.0331. The van der Waals surface area contributed by atoms with E-state index >= 15 is 0 Å². The maximum Gasteiger partial charge on any atom is 0.322 e. The molecule has 23 heavy (non-hydrogen) atoms. The minimum atomic E-state index is -0.526. The van der Waals surface area contributed by atoms with Crippen LogP contribution in [-0.4, -0.2) is 48.2 Å². The molecule has 0 radical (unpaired) electrons. The molecule has 0 saturated heterocycles. The summed E-state index contributed by atoms with van der Waals surface area (Å²) in [5, 5.41) is 10.9. The number of nitrogens with two attached hydrogens (primary N) is 2. The van der Waals surface area contributed by atoms with Gasteiger partial charge in [0.25, 0.3) is 0 Å². The van der Waals surface area contributed by atoms with Crippen LogP contribution in [0, 0.1) is 0 Å². The molecule has 0 aromatic heterocycles. The summed E-state index contributed by atoms with van der Waals surface area (Å²) in [7, 11) is 1.55. The summed E-state index contributed by atoms with van der Waals surface area (Å²) < 4.78 is 5.05. The van der Waals surface area contributed by atoms with Crippen LogP contribution >= 0.6 is 0 Å². The van der Waals surface area contributed by atoms with Crippen molar-refractivity contribution in [2.45, 2.75) is 25.5 Å². The first-order chi connectivity index (χ1) is 10.9. The molecule has 8 heteroatoms. The first kappa shape index (κ1) is 18.9. The molecule has 0 aliphatic carbocycles. The number of aromatic hydroxyl groups is 1. The average molecular weight is 324 g/mol. The maximum absolute atomic E-state index is 11.7. The largest absolute Gasteiger partial charge is 0.508 e. The molecule has 0 aliphatic heterocycles. The summed E-state index contributed by atoms with van der Waals surface area (Å²) in [6.45, 7) is 0.267. The van der Waals surface area contributed by atoms with Crippen molar-refractivity contribution in [1.29, 1.82) is 0 Å². The molecule has 1 atom stereocenters. The highest BCUT2D eigenvalue weighted by Gasteiger charge is 2.13. The van der Waals surface area contributed by atoms with Gasteiger partial charge in [-0.25, -0.2) is 5.01 Å². The second-order valence-corrected chi connectivity index (χ2v) is 5.22. The number of hydrogen-bond acceptors (Lipinski definition) is 7. The number of carbonyl (C=O) groups excluding carboxylic acids is 2. The zero-order valence-electron chi connectivity index (χ0n) is 13.2. The topological polar surface area (TPSA) is 131 Å². The van der Waals surface area contributed by atoms with E-state index in [0.717, 1.165) is 0 Å². The molecular formula is C15H24N4O4. The van der Waals surface area contributed by atoms with Crippen molar-refractivity contribution < 1.29 is 19.4 Å². The lowest BCUT2D eigenvalue weighted by Gasteiger charge is -2.18. The van der Waals surface area contributed by atoms with Crippen LogP contribution in [0.1, 0.15) is 18.4 Å². The fourth-order valence-electron chi connectivity index (χ4n) is 1.88. The third-order valence-corrected chi connectivity index (χ3v) is 3.05. The zero-order valence-corrected chi connectivity index (χ0v) is 13.2. The maximum atomic E-state index is 11.7. The van der Waals surface area contributed by atoms with E-state index in [1.165, 1.54) is 11.1 Å². The average Bonchev–Trinajstić information content (AvgIpc) is 2.46. The van der Waals surface area contributed by atoms with Gasteiger partial charge in [0.2, 0.25) is 5.91 Å².